The molecule has 1 aromatic heterocycles. The van der Waals surface area contributed by atoms with Gasteiger partial charge in [0, 0.05) is 23.7 Å². The van der Waals surface area contributed by atoms with E-state index in [2.05, 4.69) is 10.3 Å². The van der Waals surface area contributed by atoms with Crippen molar-refractivity contribution in [3.05, 3.63) is 16.1 Å². The van der Waals surface area contributed by atoms with Crippen LogP contribution in [0.15, 0.2) is 5.51 Å². The Morgan fingerprint density at radius 3 is 2.73 bits per heavy atom. The number of aromatic nitrogens is 1. The number of sulfone groups is 1. The Balaban J connectivity index is 2.44. The van der Waals surface area contributed by atoms with Crippen molar-refractivity contribution in [1.82, 2.24) is 10.3 Å². The zero-order valence-electron chi connectivity index (χ0n) is 9.15. The Kier molecular flexibility index (Phi) is 4.24. The molecule has 1 N–H and O–H groups in total. The molecule has 1 rings (SSSR count). The molecule has 86 valence electrons. The van der Waals surface area contributed by atoms with E-state index in [1.54, 1.807) is 16.8 Å². The third-order valence-corrected chi connectivity index (χ3v) is 4.16. The van der Waals surface area contributed by atoms with Gasteiger partial charge < -0.3 is 5.32 Å². The first-order chi connectivity index (χ1) is 6.90. The van der Waals surface area contributed by atoms with Crippen LogP contribution in [0, 0.1) is 6.92 Å². The standard InChI is InChI=1S/C9H16N2O2S2/c1-7(9-8(2)11-6-14-9)10-4-5-15(3,12)13/h6-7,10H,4-5H2,1-3H3. The number of hydrogen-bond acceptors (Lipinski definition) is 5. The molecule has 1 aromatic rings. The minimum absolute atomic E-state index is 0.166. The molecule has 1 heterocycles. The van der Waals surface area contributed by atoms with Crippen molar-refractivity contribution in [3.63, 3.8) is 0 Å². The van der Waals surface area contributed by atoms with Gasteiger partial charge in [0.2, 0.25) is 0 Å². The fourth-order valence-corrected chi connectivity index (χ4v) is 2.60. The predicted octanol–water partition coefficient (Wildman–Crippen LogP) is 1.15. The SMILES string of the molecule is Cc1ncsc1C(C)NCCS(C)(=O)=O. The van der Waals surface area contributed by atoms with Crippen LogP contribution < -0.4 is 5.32 Å². The monoisotopic (exact) mass is 248 g/mol. The summed E-state index contributed by atoms with van der Waals surface area (Å²) in [6, 6.07) is 0.166. The smallest absolute Gasteiger partial charge is 0.148 e. The molecule has 0 aromatic carbocycles. The van der Waals surface area contributed by atoms with Crippen LogP contribution in [0.2, 0.25) is 0 Å². The average molecular weight is 248 g/mol. The van der Waals surface area contributed by atoms with Crippen LogP contribution >= 0.6 is 11.3 Å². The van der Waals surface area contributed by atoms with Gasteiger partial charge in [-0.3, -0.25) is 0 Å². The predicted molar refractivity (Wildman–Crippen MR) is 63.0 cm³/mol. The van der Waals surface area contributed by atoms with Gasteiger partial charge in [-0.2, -0.15) is 0 Å². The number of nitrogens with one attached hydrogen (secondary N) is 1. The zero-order valence-corrected chi connectivity index (χ0v) is 10.8. The van der Waals surface area contributed by atoms with Gasteiger partial charge in [0.25, 0.3) is 0 Å². The van der Waals surface area contributed by atoms with E-state index in [0.717, 1.165) is 5.69 Å². The molecule has 0 radical (unpaired) electrons. The van der Waals surface area contributed by atoms with E-state index in [1.807, 2.05) is 13.8 Å². The van der Waals surface area contributed by atoms with Gasteiger partial charge in [0.05, 0.1) is 17.0 Å². The van der Waals surface area contributed by atoms with E-state index in [-0.39, 0.29) is 11.8 Å². The van der Waals surface area contributed by atoms with Gasteiger partial charge >= 0.3 is 0 Å². The average Bonchev–Trinajstić information content (AvgIpc) is 2.48. The Bertz CT molecular complexity index is 412. The van der Waals surface area contributed by atoms with Crippen molar-refractivity contribution in [2.24, 2.45) is 0 Å². The lowest BCUT2D eigenvalue weighted by atomic mass is 10.2. The topological polar surface area (TPSA) is 59.1 Å². The summed E-state index contributed by atoms with van der Waals surface area (Å²) >= 11 is 1.59. The second kappa shape index (κ2) is 5.05. The van der Waals surface area contributed by atoms with Gasteiger partial charge in [0.1, 0.15) is 9.84 Å². The third-order valence-electron chi connectivity index (χ3n) is 2.10. The van der Waals surface area contributed by atoms with Crippen molar-refractivity contribution in [2.75, 3.05) is 18.6 Å². The summed E-state index contributed by atoms with van der Waals surface area (Å²) in [6.45, 7) is 4.46. The third kappa shape index (κ3) is 4.27. The highest BCUT2D eigenvalue weighted by Gasteiger charge is 2.11. The first kappa shape index (κ1) is 12.6. The maximum atomic E-state index is 10.9. The molecule has 0 amide bonds. The van der Waals surface area contributed by atoms with Crippen LogP contribution in [0.1, 0.15) is 23.5 Å². The summed E-state index contributed by atoms with van der Waals surface area (Å²) in [5.74, 6) is 0.176. The van der Waals surface area contributed by atoms with E-state index >= 15 is 0 Å². The molecule has 4 nitrogen and oxygen atoms in total. The molecule has 6 heteroatoms. The molecule has 0 saturated heterocycles. The van der Waals surface area contributed by atoms with Crippen molar-refractivity contribution in [2.45, 2.75) is 19.9 Å². The van der Waals surface area contributed by atoms with E-state index in [9.17, 15) is 8.42 Å². The van der Waals surface area contributed by atoms with Gasteiger partial charge in [-0.25, -0.2) is 13.4 Å². The Morgan fingerprint density at radius 1 is 1.60 bits per heavy atom. The van der Waals surface area contributed by atoms with E-state index in [4.69, 9.17) is 0 Å². The minimum atomic E-state index is -2.87. The molecule has 0 saturated carbocycles. The molecule has 0 bridgehead atoms. The lowest BCUT2D eigenvalue weighted by molar-refractivity contribution is 0.578. The molecule has 0 aliphatic heterocycles. The van der Waals surface area contributed by atoms with Crippen LogP contribution in [0.25, 0.3) is 0 Å². The largest absolute Gasteiger partial charge is 0.308 e. The quantitative estimate of drug-likeness (QED) is 0.849. The maximum absolute atomic E-state index is 10.9. The van der Waals surface area contributed by atoms with Crippen LogP contribution in [0.4, 0.5) is 0 Å². The molecule has 0 aliphatic rings. The van der Waals surface area contributed by atoms with Crippen molar-refractivity contribution >= 4 is 21.2 Å². The fourth-order valence-electron chi connectivity index (χ4n) is 1.28. The number of hydrogen-bond donors (Lipinski definition) is 1. The highest BCUT2D eigenvalue weighted by molar-refractivity contribution is 7.90. The summed E-state index contributed by atoms with van der Waals surface area (Å²) in [4.78, 5) is 5.32. The molecule has 0 spiro atoms. The van der Waals surface area contributed by atoms with E-state index in [0.29, 0.717) is 6.54 Å². The molecule has 1 unspecified atom stereocenters. The highest BCUT2D eigenvalue weighted by atomic mass is 32.2. The summed E-state index contributed by atoms with van der Waals surface area (Å²) in [7, 11) is -2.87. The normalized spacial score (nSPS) is 14.1. The Morgan fingerprint density at radius 2 is 2.27 bits per heavy atom. The molecular weight excluding hydrogens is 232 g/mol. The van der Waals surface area contributed by atoms with Gasteiger partial charge in [0.15, 0.2) is 0 Å². The van der Waals surface area contributed by atoms with Gasteiger partial charge in [-0.15, -0.1) is 11.3 Å². The van der Waals surface area contributed by atoms with E-state index < -0.39 is 9.84 Å². The van der Waals surface area contributed by atoms with Crippen LogP contribution in [-0.4, -0.2) is 32.0 Å². The second-order valence-electron chi connectivity index (χ2n) is 3.61. The summed E-state index contributed by atoms with van der Waals surface area (Å²) in [6.07, 6.45) is 1.25. The number of nitrogens with zero attached hydrogens (tertiary/aromatic N) is 1. The number of aryl methyl sites for hydroxylation is 1. The molecule has 1 atom stereocenters. The second-order valence-corrected chi connectivity index (χ2v) is 6.75. The molecular formula is C9H16N2O2S2. The first-order valence-electron chi connectivity index (χ1n) is 4.71. The Labute approximate surface area is 94.7 Å². The van der Waals surface area contributed by atoms with Crippen molar-refractivity contribution < 1.29 is 8.42 Å². The van der Waals surface area contributed by atoms with Gasteiger partial charge in [-0.05, 0) is 13.8 Å². The molecule has 15 heavy (non-hydrogen) atoms. The van der Waals surface area contributed by atoms with Gasteiger partial charge in [-0.1, -0.05) is 0 Å². The summed E-state index contributed by atoms with van der Waals surface area (Å²) in [5, 5.41) is 3.17. The first-order valence-corrected chi connectivity index (χ1v) is 7.65. The van der Waals surface area contributed by atoms with Crippen LogP contribution in [-0.2, 0) is 9.84 Å². The van der Waals surface area contributed by atoms with Crippen molar-refractivity contribution in [3.8, 4) is 0 Å². The number of thiazole rings is 1. The van der Waals surface area contributed by atoms with Crippen LogP contribution in [0.5, 0.6) is 0 Å². The lowest BCUT2D eigenvalue weighted by Gasteiger charge is -2.11. The zero-order chi connectivity index (χ0) is 11.5. The lowest BCUT2D eigenvalue weighted by Crippen LogP contribution is -2.25. The highest BCUT2D eigenvalue weighted by Crippen LogP contribution is 2.20. The summed E-state index contributed by atoms with van der Waals surface area (Å²) in [5.41, 5.74) is 2.82. The maximum Gasteiger partial charge on any atom is 0.148 e. The van der Waals surface area contributed by atoms with Crippen molar-refractivity contribution in [1.29, 1.82) is 0 Å². The van der Waals surface area contributed by atoms with Crippen LogP contribution in [0.3, 0.4) is 0 Å². The molecule has 0 aliphatic carbocycles. The fraction of sp³-hybridized carbons (Fsp3) is 0.667. The Hall–Kier alpha value is -0.460. The minimum Gasteiger partial charge on any atom is -0.308 e. The summed E-state index contributed by atoms with van der Waals surface area (Å²) < 4.78 is 21.8. The van der Waals surface area contributed by atoms with E-state index in [1.165, 1.54) is 11.1 Å². The molecule has 0 fully saturated rings. The number of rotatable bonds is 5.